The molecule has 2 rings (SSSR count). The fraction of sp³-hybridized carbons (Fsp3) is 0.500. The van der Waals surface area contributed by atoms with Gasteiger partial charge in [-0.2, -0.15) is 0 Å². The smallest absolute Gasteiger partial charge is 0.255 e. The van der Waals surface area contributed by atoms with Gasteiger partial charge in [-0.1, -0.05) is 6.42 Å². The molecule has 1 aliphatic heterocycles. The third kappa shape index (κ3) is 3.86. The van der Waals surface area contributed by atoms with Crippen molar-refractivity contribution < 1.29 is 15.0 Å². The minimum atomic E-state index is -0.312. The van der Waals surface area contributed by atoms with Gasteiger partial charge in [0.25, 0.3) is 5.91 Å². The fourth-order valence-electron chi connectivity index (χ4n) is 2.34. The largest absolute Gasteiger partial charge is 0.508 e. The van der Waals surface area contributed by atoms with Gasteiger partial charge in [0.05, 0.1) is 5.56 Å². The van der Waals surface area contributed by atoms with Crippen LogP contribution in [0.15, 0.2) is 18.2 Å². The minimum absolute atomic E-state index is 0.0551. The zero-order chi connectivity index (χ0) is 13.7. The standard InChI is InChI=1S/C14H20N2O3/c17-11-4-5-12(13(18)9-11)14(19)16-8-6-10-3-1-2-7-15-10/h4-5,9-10,15,17-18H,1-3,6-8H2,(H,16,19). The summed E-state index contributed by atoms with van der Waals surface area (Å²) in [7, 11) is 0. The fourth-order valence-corrected chi connectivity index (χ4v) is 2.34. The van der Waals surface area contributed by atoms with E-state index in [1.807, 2.05) is 0 Å². The first-order valence-electron chi connectivity index (χ1n) is 6.70. The van der Waals surface area contributed by atoms with Crippen molar-refractivity contribution in [3.05, 3.63) is 23.8 Å². The predicted octanol–water partition coefficient (Wildman–Crippen LogP) is 1.36. The van der Waals surface area contributed by atoms with E-state index in [4.69, 9.17) is 5.11 Å². The van der Waals surface area contributed by atoms with Crippen molar-refractivity contribution in [3.63, 3.8) is 0 Å². The van der Waals surface area contributed by atoms with Crippen LogP contribution in [0.25, 0.3) is 0 Å². The maximum Gasteiger partial charge on any atom is 0.255 e. The summed E-state index contributed by atoms with van der Waals surface area (Å²) in [5.41, 5.74) is 0.189. The number of phenolic OH excluding ortho intramolecular Hbond substituents is 2. The number of hydrogen-bond donors (Lipinski definition) is 4. The van der Waals surface area contributed by atoms with E-state index in [-0.39, 0.29) is 23.0 Å². The van der Waals surface area contributed by atoms with Crippen molar-refractivity contribution in [3.8, 4) is 11.5 Å². The van der Waals surface area contributed by atoms with Gasteiger partial charge in [-0.25, -0.2) is 0 Å². The average molecular weight is 264 g/mol. The molecule has 0 aliphatic carbocycles. The van der Waals surface area contributed by atoms with E-state index in [0.29, 0.717) is 12.6 Å². The van der Waals surface area contributed by atoms with E-state index in [1.54, 1.807) is 0 Å². The maximum absolute atomic E-state index is 11.8. The Morgan fingerprint density at radius 1 is 1.37 bits per heavy atom. The molecule has 5 nitrogen and oxygen atoms in total. The number of phenols is 2. The van der Waals surface area contributed by atoms with Crippen LogP contribution in [0.5, 0.6) is 11.5 Å². The monoisotopic (exact) mass is 264 g/mol. The van der Waals surface area contributed by atoms with Gasteiger partial charge >= 0.3 is 0 Å². The van der Waals surface area contributed by atoms with Crippen LogP contribution in [-0.4, -0.2) is 35.3 Å². The second-order valence-electron chi connectivity index (χ2n) is 4.89. The number of benzene rings is 1. The van der Waals surface area contributed by atoms with Gasteiger partial charge < -0.3 is 20.8 Å². The lowest BCUT2D eigenvalue weighted by Gasteiger charge is -2.23. The second kappa shape index (κ2) is 6.43. The molecule has 1 saturated heterocycles. The van der Waals surface area contributed by atoms with Gasteiger partial charge in [0.15, 0.2) is 0 Å². The van der Waals surface area contributed by atoms with E-state index < -0.39 is 0 Å². The predicted molar refractivity (Wildman–Crippen MR) is 72.4 cm³/mol. The molecule has 1 unspecified atom stereocenters. The Morgan fingerprint density at radius 3 is 2.89 bits per heavy atom. The lowest BCUT2D eigenvalue weighted by molar-refractivity contribution is 0.0949. The van der Waals surface area contributed by atoms with Gasteiger partial charge in [-0.3, -0.25) is 4.79 Å². The third-order valence-corrected chi connectivity index (χ3v) is 3.42. The average Bonchev–Trinajstić information content (AvgIpc) is 2.39. The van der Waals surface area contributed by atoms with Crippen molar-refractivity contribution in [2.24, 2.45) is 0 Å². The van der Waals surface area contributed by atoms with Crippen molar-refractivity contribution >= 4 is 5.91 Å². The molecule has 104 valence electrons. The molecule has 0 aromatic heterocycles. The minimum Gasteiger partial charge on any atom is -0.508 e. The molecule has 1 heterocycles. The van der Waals surface area contributed by atoms with E-state index in [9.17, 15) is 9.90 Å². The molecule has 5 heteroatoms. The lowest BCUT2D eigenvalue weighted by atomic mass is 10.0. The van der Waals surface area contributed by atoms with Crippen molar-refractivity contribution in [2.75, 3.05) is 13.1 Å². The SMILES string of the molecule is O=C(NCCC1CCCCN1)c1ccc(O)cc1O. The number of nitrogens with one attached hydrogen (secondary N) is 2. The molecule has 1 amide bonds. The summed E-state index contributed by atoms with van der Waals surface area (Å²) in [5, 5.41) is 24.9. The van der Waals surface area contributed by atoms with Gasteiger partial charge in [0.1, 0.15) is 11.5 Å². The first kappa shape index (κ1) is 13.7. The molecule has 1 fully saturated rings. The van der Waals surface area contributed by atoms with Gasteiger partial charge in [0.2, 0.25) is 0 Å². The Labute approximate surface area is 112 Å². The Bertz CT molecular complexity index is 442. The van der Waals surface area contributed by atoms with Crippen LogP contribution in [-0.2, 0) is 0 Å². The number of hydrogen-bond acceptors (Lipinski definition) is 4. The first-order chi connectivity index (χ1) is 9.16. The summed E-state index contributed by atoms with van der Waals surface area (Å²) in [6.45, 7) is 1.63. The number of aromatic hydroxyl groups is 2. The number of carbonyl (C=O) groups excluding carboxylic acids is 1. The molecule has 4 N–H and O–H groups in total. The number of rotatable bonds is 4. The second-order valence-corrected chi connectivity index (χ2v) is 4.89. The Hall–Kier alpha value is -1.75. The molecular formula is C14H20N2O3. The summed E-state index contributed by atoms with van der Waals surface area (Å²) in [6, 6.07) is 4.44. The third-order valence-electron chi connectivity index (χ3n) is 3.42. The highest BCUT2D eigenvalue weighted by Crippen LogP contribution is 2.22. The summed E-state index contributed by atoms with van der Waals surface area (Å²) in [4.78, 5) is 11.8. The van der Waals surface area contributed by atoms with Crippen LogP contribution in [0.4, 0.5) is 0 Å². The molecule has 0 radical (unpaired) electrons. The quantitative estimate of drug-likeness (QED) is 0.662. The summed E-state index contributed by atoms with van der Waals surface area (Å²) < 4.78 is 0. The highest BCUT2D eigenvalue weighted by molar-refractivity contribution is 5.96. The van der Waals surface area contributed by atoms with E-state index in [0.717, 1.165) is 25.5 Å². The maximum atomic E-state index is 11.8. The Balaban J connectivity index is 1.80. The molecule has 1 aromatic rings. The zero-order valence-electron chi connectivity index (χ0n) is 10.9. The number of amides is 1. The van der Waals surface area contributed by atoms with Crippen LogP contribution < -0.4 is 10.6 Å². The van der Waals surface area contributed by atoms with E-state index in [1.165, 1.54) is 25.0 Å². The van der Waals surface area contributed by atoms with E-state index in [2.05, 4.69) is 10.6 Å². The summed E-state index contributed by atoms with van der Waals surface area (Å²) >= 11 is 0. The lowest BCUT2D eigenvalue weighted by Crippen LogP contribution is -2.37. The molecule has 19 heavy (non-hydrogen) atoms. The molecule has 1 atom stereocenters. The normalized spacial score (nSPS) is 19.1. The zero-order valence-corrected chi connectivity index (χ0v) is 10.9. The molecule has 1 aliphatic rings. The van der Waals surface area contributed by atoms with Crippen molar-refractivity contribution in [1.29, 1.82) is 0 Å². The van der Waals surface area contributed by atoms with Gasteiger partial charge in [0, 0.05) is 18.7 Å². The van der Waals surface area contributed by atoms with Crippen LogP contribution in [0, 0.1) is 0 Å². The van der Waals surface area contributed by atoms with Crippen LogP contribution in [0.3, 0.4) is 0 Å². The molecule has 0 bridgehead atoms. The number of piperidine rings is 1. The van der Waals surface area contributed by atoms with Gasteiger partial charge in [-0.15, -0.1) is 0 Å². The summed E-state index contributed by atoms with van der Waals surface area (Å²) in [5.74, 6) is -0.568. The highest BCUT2D eigenvalue weighted by atomic mass is 16.3. The molecular weight excluding hydrogens is 244 g/mol. The van der Waals surface area contributed by atoms with E-state index >= 15 is 0 Å². The van der Waals surface area contributed by atoms with Crippen LogP contribution in [0.2, 0.25) is 0 Å². The Morgan fingerprint density at radius 2 is 2.21 bits per heavy atom. The molecule has 0 spiro atoms. The molecule has 0 saturated carbocycles. The number of carbonyl (C=O) groups is 1. The first-order valence-corrected chi connectivity index (χ1v) is 6.70. The summed E-state index contributed by atoms with van der Waals surface area (Å²) in [6.07, 6.45) is 4.51. The van der Waals surface area contributed by atoms with Crippen molar-refractivity contribution in [1.82, 2.24) is 10.6 Å². The Kier molecular flexibility index (Phi) is 4.63. The molecule has 1 aromatic carbocycles. The highest BCUT2D eigenvalue weighted by Gasteiger charge is 2.14. The van der Waals surface area contributed by atoms with Crippen molar-refractivity contribution in [2.45, 2.75) is 31.7 Å². The van der Waals surface area contributed by atoms with Crippen LogP contribution in [0.1, 0.15) is 36.0 Å². The topological polar surface area (TPSA) is 81.6 Å². The van der Waals surface area contributed by atoms with Crippen LogP contribution >= 0.6 is 0 Å². The van der Waals surface area contributed by atoms with Gasteiger partial charge in [-0.05, 0) is 37.9 Å².